The summed E-state index contributed by atoms with van der Waals surface area (Å²) in [6.45, 7) is 2.04. The minimum absolute atomic E-state index is 0.166. The second kappa shape index (κ2) is 5.94. The molecule has 0 spiro atoms. The van der Waals surface area contributed by atoms with Gasteiger partial charge in [0.2, 0.25) is 0 Å². The van der Waals surface area contributed by atoms with Crippen molar-refractivity contribution in [2.45, 2.75) is 51.1 Å². The molecule has 0 aliphatic heterocycles. The topological polar surface area (TPSA) is 29.3 Å². The highest BCUT2D eigenvalue weighted by atomic mass is 35.5. The van der Waals surface area contributed by atoms with E-state index >= 15 is 0 Å². The SMILES string of the molecule is CC(N)Cc1cccc(Cl)c1N(C)C1CCCC1. The molecular weight excluding hydrogens is 244 g/mol. The summed E-state index contributed by atoms with van der Waals surface area (Å²) < 4.78 is 0. The Morgan fingerprint density at radius 3 is 2.67 bits per heavy atom. The van der Waals surface area contributed by atoms with E-state index in [1.165, 1.54) is 36.9 Å². The fourth-order valence-electron chi connectivity index (χ4n) is 2.94. The lowest BCUT2D eigenvalue weighted by molar-refractivity contribution is 0.646. The Kier molecular flexibility index (Phi) is 4.52. The lowest BCUT2D eigenvalue weighted by Crippen LogP contribution is -2.30. The fourth-order valence-corrected chi connectivity index (χ4v) is 3.27. The molecule has 0 amide bonds. The van der Waals surface area contributed by atoms with E-state index in [2.05, 4.69) is 18.0 Å². The molecule has 1 aliphatic carbocycles. The number of halogens is 1. The quantitative estimate of drug-likeness (QED) is 0.902. The van der Waals surface area contributed by atoms with Gasteiger partial charge in [-0.05, 0) is 37.8 Å². The minimum Gasteiger partial charge on any atom is -0.370 e. The number of rotatable bonds is 4. The second-order valence-corrected chi connectivity index (χ2v) is 5.89. The summed E-state index contributed by atoms with van der Waals surface area (Å²) >= 11 is 6.40. The Hall–Kier alpha value is -0.730. The minimum atomic E-state index is 0.166. The molecule has 0 bridgehead atoms. The number of hydrogen-bond donors (Lipinski definition) is 1. The molecule has 1 fully saturated rings. The number of anilines is 1. The zero-order valence-electron chi connectivity index (χ0n) is 11.3. The van der Waals surface area contributed by atoms with E-state index in [1.807, 2.05) is 19.1 Å². The molecule has 1 aromatic rings. The van der Waals surface area contributed by atoms with Gasteiger partial charge in [0.1, 0.15) is 0 Å². The molecule has 2 N–H and O–H groups in total. The highest BCUT2D eigenvalue weighted by Crippen LogP contribution is 2.34. The first kappa shape index (κ1) is 13.7. The molecule has 0 heterocycles. The van der Waals surface area contributed by atoms with Crippen LogP contribution in [0.5, 0.6) is 0 Å². The van der Waals surface area contributed by atoms with Gasteiger partial charge >= 0.3 is 0 Å². The third kappa shape index (κ3) is 2.99. The smallest absolute Gasteiger partial charge is 0.0642 e. The first-order valence-corrected chi connectivity index (χ1v) is 7.23. The van der Waals surface area contributed by atoms with Crippen LogP contribution in [0.4, 0.5) is 5.69 Å². The Bertz CT molecular complexity index is 397. The lowest BCUT2D eigenvalue weighted by atomic mass is 10.0. The van der Waals surface area contributed by atoms with Crippen molar-refractivity contribution < 1.29 is 0 Å². The van der Waals surface area contributed by atoms with Crippen molar-refractivity contribution in [1.82, 2.24) is 0 Å². The van der Waals surface area contributed by atoms with E-state index in [4.69, 9.17) is 17.3 Å². The van der Waals surface area contributed by atoms with E-state index < -0.39 is 0 Å². The van der Waals surface area contributed by atoms with E-state index in [1.54, 1.807) is 0 Å². The number of para-hydroxylation sites is 1. The molecule has 18 heavy (non-hydrogen) atoms. The highest BCUT2D eigenvalue weighted by Gasteiger charge is 2.23. The maximum Gasteiger partial charge on any atom is 0.0642 e. The van der Waals surface area contributed by atoms with E-state index in [-0.39, 0.29) is 6.04 Å². The van der Waals surface area contributed by atoms with E-state index in [0.29, 0.717) is 6.04 Å². The number of benzene rings is 1. The van der Waals surface area contributed by atoms with Gasteiger partial charge < -0.3 is 10.6 Å². The van der Waals surface area contributed by atoms with Gasteiger partial charge in [0, 0.05) is 19.1 Å². The van der Waals surface area contributed by atoms with Crippen LogP contribution in [0.1, 0.15) is 38.2 Å². The molecule has 1 saturated carbocycles. The fraction of sp³-hybridized carbons (Fsp3) is 0.600. The average Bonchev–Trinajstić information content (AvgIpc) is 2.81. The maximum atomic E-state index is 6.40. The largest absolute Gasteiger partial charge is 0.370 e. The van der Waals surface area contributed by atoms with Gasteiger partial charge in [-0.1, -0.05) is 36.6 Å². The zero-order chi connectivity index (χ0) is 13.1. The van der Waals surface area contributed by atoms with Gasteiger partial charge in [0.25, 0.3) is 0 Å². The summed E-state index contributed by atoms with van der Waals surface area (Å²) in [5, 5.41) is 0.850. The Morgan fingerprint density at radius 1 is 1.39 bits per heavy atom. The third-order valence-corrected chi connectivity index (χ3v) is 4.14. The molecule has 100 valence electrons. The Balaban J connectivity index is 2.28. The maximum absolute atomic E-state index is 6.40. The van der Waals surface area contributed by atoms with Crippen molar-refractivity contribution in [3.05, 3.63) is 28.8 Å². The monoisotopic (exact) mass is 266 g/mol. The Labute approximate surface area is 115 Å². The standard InChI is InChI=1S/C15H23ClN2/c1-11(17)10-12-6-5-9-14(16)15(12)18(2)13-7-3-4-8-13/h5-6,9,11,13H,3-4,7-8,10,17H2,1-2H3. The van der Waals surface area contributed by atoms with Gasteiger partial charge in [0.05, 0.1) is 10.7 Å². The second-order valence-electron chi connectivity index (χ2n) is 5.48. The molecule has 2 rings (SSSR count). The molecule has 1 aromatic carbocycles. The molecule has 1 atom stereocenters. The number of hydrogen-bond acceptors (Lipinski definition) is 2. The highest BCUT2D eigenvalue weighted by molar-refractivity contribution is 6.33. The molecule has 0 radical (unpaired) electrons. The van der Waals surface area contributed by atoms with Crippen LogP contribution >= 0.6 is 11.6 Å². The predicted octanol–water partition coefficient (Wildman–Crippen LogP) is 3.61. The first-order valence-electron chi connectivity index (χ1n) is 6.85. The molecule has 2 nitrogen and oxygen atoms in total. The van der Waals surface area contributed by atoms with Crippen LogP contribution in [0.2, 0.25) is 5.02 Å². The summed E-state index contributed by atoms with van der Waals surface area (Å²) in [4.78, 5) is 2.37. The molecule has 0 saturated heterocycles. The van der Waals surface area contributed by atoms with Gasteiger partial charge in [-0.25, -0.2) is 0 Å². The Morgan fingerprint density at radius 2 is 2.06 bits per heavy atom. The van der Waals surface area contributed by atoms with Crippen molar-refractivity contribution >= 4 is 17.3 Å². The number of nitrogens with two attached hydrogens (primary N) is 1. The summed E-state index contributed by atoms with van der Waals surface area (Å²) in [6, 6.07) is 6.95. The van der Waals surface area contributed by atoms with E-state index in [0.717, 1.165) is 11.4 Å². The average molecular weight is 267 g/mol. The van der Waals surface area contributed by atoms with Crippen LogP contribution in [0.25, 0.3) is 0 Å². The van der Waals surface area contributed by atoms with Crippen LogP contribution in [0.15, 0.2) is 18.2 Å². The van der Waals surface area contributed by atoms with Gasteiger partial charge in [-0.2, -0.15) is 0 Å². The van der Waals surface area contributed by atoms with Crippen molar-refractivity contribution in [2.24, 2.45) is 5.73 Å². The van der Waals surface area contributed by atoms with Crippen molar-refractivity contribution in [1.29, 1.82) is 0 Å². The summed E-state index contributed by atoms with van der Waals surface area (Å²) in [5.41, 5.74) is 8.39. The zero-order valence-corrected chi connectivity index (χ0v) is 12.1. The molecule has 3 heteroatoms. The van der Waals surface area contributed by atoms with Gasteiger partial charge in [-0.15, -0.1) is 0 Å². The van der Waals surface area contributed by atoms with Crippen molar-refractivity contribution in [3.63, 3.8) is 0 Å². The summed E-state index contributed by atoms with van der Waals surface area (Å²) in [5.74, 6) is 0. The molecular formula is C15H23ClN2. The lowest BCUT2D eigenvalue weighted by Gasteiger charge is -2.30. The predicted molar refractivity (Wildman–Crippen MR) is 79.5 cm³/mol. The number of nitrogens with zero attached hydrogens (tertiary/aromatic N) is 1. The van der Waals surface area contributed by atoms with Gasteiger partial charge in [-0.3, -0.25) is 0 Å². The summed E-state index contributed by atoms with van der Waals surface area (Å²) in [7, 11) is 2.17. The van der Waals surface area contributed by atoms with Crippen LogP contribution in [-0.4, -0.2) is 19.1 Å². The van der Waals surface area contributed by atoms with Crippen molar-refractivity contribution in [2.75, 3.05) is 11.9 Å². The third-order valence-electron chi connectivity index (χ3n) is 3.84. The van der Waals surface area contributed by atoms with Crippen LogP contribution in [0, 0.1) is 0 Å². The normalized spacial score (nSPS) is 18.0. The van der Waals surface area contributed by atoms with Gasteiger partial charge in [0.15, 0.2) is 0 Å². The van der Waals surface area contributed by atoms with Crippen LogP contribution in [-0.2, 0) is 6.42 Å². The van der Waals surface area contributed by atoms with E-state index in [9.17, 15) is 0 Å². The molecule has 0 aromatic heterocycles. The summed E-state index contributed by atoms with van der Waals surface area (Å²) in [6.07, 6.45) is 6.11. The molecule has 1 aliphatic rings. The van der Waals surface area contributed by atoms with Crippen LogP contribution in [0.3, 0.4) is 0 Å². The van der Waals surface area contributed by atoms with Crippen LogP contribution < -0.4 is 10.6 Å². The molecule has 1 unspecified atom stereocenters. The first-order chi connectivity index (χ1) is 8.59. The van der Waals surface area contributed by atoms with Crippen molar-refractivity contribution in [3.8, 4) is 0 Å².